The third kappa shape index (κ3) is 4.10. The maximum atomic E-state index is 11.0. The summed E-state index contributed by atoms with van der Waals surface area (Å²) in [5.74, 6) is 0.669. The average Bonchev–Trinajstić information content (AvgIpc) is 2.15. The number of ether oxygens (including phenoxy) is 1. The van der Waals surface area contributed by atoms with E-state index in [-0.39, 0.29) is 5.75 Å². The van der Waals surface area contributed by atoms with Crippen molar-refractivity contribution in [3.05, 3.63) is 29.8 Å². The van der Waals surface area contributed by atoms with Crippen LogP contribution in [-0.2, 0) is 9.84 Å². The molecule has 84 valence electrons. The van der Waals surface area contributed by atoms with Crippen molar-refractivity contribution in [1.29, 1.82) is 0 Å². The molecule has 0 saturated carbocycles. The minimum absolute atomic E-state index is 0.0547. The zero-order chi connectivity index (χ0) is 11.5. The molecule has 0 bridgehead atoms. The number of sulfone groups is 1. The molecule has 1 atom stereocenters. The van der Waals surface area contributed by atoms with Gasteiger partial charge in [-0.1, -0.05) is 12.1 Å². The Hall–Kier alpha value is -0.740. The molecule has 0 aliphatic carbocycles. The summed E-state index contributed by atoms with van der Waals surface area (Å²) in [7, 11) is -1.48. The van der Waals surface area contributed by atoms with Crippen molar-refractivity contribution in [2.75, 3.05) is 19.1 Å². The van der Waals surface area contributed by atoms with E-state index in [1.165, 1.54) is 6.26 Å². The third-order valence-corrected chi connectivity index (χ3v) is 3.45. The quantitative estimate of drug-likeness (QED) is 0.766. The van der Waals surface area contributed by atoms with E-state index in [0.29, 0.717) is 0 Å². The van der Waals surface area contributed by atoms with Gasteiger partial charge in [0.1, 0.15) is 15.6 Å². The van der Waals surface area contributed by atoms with E-state index in [1.807, 2.05) is 0 Å². The van der Waals surface area contributed by atoms with E-state index in [9.17, 15) is 8.42 Å². The molecule has 1 unspecified atom stereocenters. The predicted molar refractivity (Wildman–Crippen MR) is 61.3 cm³/mol. The van der Waals surface area contributed by atoms with Gasteiger partial charge >= 0.3 is 0 Å². The molecule has 0 aliphatic heterocycles. The molecule has 15 heavy (non-hydrogen) atoms. The van der Waals surface area contributed by atoms with Crippen molar-refractivity contribution >= 4 is 21.4 Å². The number of hydrogen-bond acceptors (Lipinski definition) is 3. The highest BCUT2D eigenvalue weighted by Gasteiger charge is 2.14. The number of halogens is 1. The maximum Gasteiger partial charge on any atom is 0.149 e. The molecule has 0 saturated heterocycles. The molecule has 0 radical (unpaired) electrons. The van der Waals surface area contributed by atoms with Crippen LogP contribution >= 0.6 is 11.6 Å². The molecular weight excluding hydrogens is 236 g/mol. The third-order valence-electron chi connectivity index (χ3n) is 1.93. The molecule has 0 amide bonds. The molecule has 1 aromatic rings. The van der Waals surface area contributed by atoms with E-state index in [4.69, 9.17) is 16.3 Å². The van der Waals surface area contributed by atoms with Crippen LogP contribution in [0.3, 0.4) is 0 Å². The lowest BCUT2D eigenvalue weighted by Crippen LogP contribution is -2.08. The molecule has 5 heteroatoms. The van der Waals surface area contributed by atoms with Crippen LogP contribution in [0.1, 0.15) is 10.9 Å². The number of alkyl halides is 1. The second-order valence-corrected chi connectivity index (χ2v) is 6.04. The average molecular weight is 249 g/mol. The van der Waals surface area contributed by atoms with Crippen LogP contribution in [0.5, 0.6) is 5.75 Å². The smallest absolute Gasteiger partial charge is 0.149 e. The van der Waals surface area contributed by atoms with E-state index in [2.05, 4.69) is 0 Å². The van der Waals surface area contributed by atoms with E-state index >= 15 is 0 Å². The Labute approximate surface area is 94.9 Å². The SMILES string of the molecule is COc1ccc(C(Cl)CS(C)(=O)=O)cc1. The van der Waals surface area contributed by atoms with E-state index < -0.39 is 15.2 Å². The predicted octanol–water partition coefficient (Wildman–Crippen LogP) is 2.02. The summed E-state index contributed by atoms with van der Waals surface area (Å²) in [6.07, 6.45) is 1.17. The summed E-state index contributed by atoms with van der Waals surface area (Å²) >= 11 is 5.97. The summed E-state index contributed by atoms with van der Waals surface area (Å²) in [4.78, 5) is 0. The van der Waals surface area contributed by atoms with Crippen LogP contribution in [0.15, 0.2) is 24.3 Å². The van der Waals surface area contributed by atoms with Gasteiger partial charge in [0, 0.05) is 6.26 Å². The molecule has 0 heterocycles. The highest BCUT2D eigenvalue weighted by atomic mass is 35.5. The van der Waals surface area contributed by atoms with Gasteiger partial charge in [0.25, 0.3) is 0 Å². The first kappa shape index (κ1) is 12.3. The minimum atomic E-state index is -3.05. The molecule has 1 rings (SSSR count). The molecule has 0 N–H and O–H groups in total. The van der Waals surface area contributed by atoms with Crippen LogP contribution in [0, 0.1) is 0 Å². The van der Waals surface area contributed by atoms with Gasteiger partial charge in [-0.25, -0.2) is 8.42 Å². The first-order chi connectivity index (χ1) is 6.92. The van der Waals surface area contributed by atoms with Gasteiger partial charge in [0.05, 0.1) is 18.2 Å². The normalized spacial score (nSPS) is 13.5. The number of benzene rings is 1. The Bertz CT molecular complexity index is 411. The maximum absolute atomic E-state index is 11.0. The van der Waals surface area contributed by atoms with Crippen LogP contribution in [0.2, 0.25) is 0 Å². The van der Waals surface area contributed by atoms with Crippen LogP contribution in [-0.4, -0.2) is 27.5 Å². The second kappa shape index (κ2) is 4.86. The van der Waals surface area contributed by atoms with Gasteiger partial charge in [0.15, 0.2) is 0 Å². The molecule has 1 aromatic carbocycles. The second-order valence-electron chi connectivity index (χ2n) is 3.33. The zero-order valence-corrected chi connectivity index (χ0v) is 10.2. The molecule has 3 nitrogen and oxygen atoms in total. The van der Waals surface area contributed by atoms with Gasteiger partial charge < -0.3 is 4.74 Å². The monoisotopic (exact) mass is 248 g/mol. The summed E-state index contributed by atoms with van der Waals surface area (Å²) in [5.41, 5.74) is 0.780. The van der Waals surface area contributed by atoms with Gasteiger partial charge in [-0.05, 0) is 17.7 Å². The summed E-state index contributed by atoms with van der Waals surface area (Å²) in [6.45, 7) is 0. The fraction of sp³-hybridized carbons (Fsp3) is 0.400. The molecular formula is C10H13ClO3S. The number of methoxy groups -OCH3 is 1. The van der Waals surface area contributed by atoms with Crippen LogP contribution in [0.4, 0.5) is 0 Å². The Balaban J connectivity index is 2.78. The Morgan fingerprint density at radius 1 is 1.33 bits per heavy atom. The standard InChI is InChI=1S/C10H13ClO3S/c1-14-9-5-3-8(4-6-9)10(11)7-15(2,12)13/h3-6,10H,7H2,1-2H3. The minimum Gasteiger partial charge on any atom is -0.497 e. The van der Waals surface area contributed by atoms with E-state index in [0.717, 1.165) is 11.3 Å². The first-order valence-electron chi connectivity index (χ1n) is 4.38. The largest absolute Gasteiger partial charge is 0.497 e. The highest BCUT2D eigenvalue weighted by molar-refractivity contribution is 7.90. The molecule has 0 aliphatic rings. The lowest BCUT2D eigenvalue weighted by Gasteiger charge is -2.08. The lowest BCUT2D eigenvalue weighted by atomic mass is 10.1. The summed E-state index contributed by atoms with van der Waals surface area (Å²) in [5, 5.41) is -0.508. The van der Waals surface area contributed by atoms with Gasteiger partial charge in [-0.15, -0.1) is 11.6 Å². The van der Waals surface area contributed by atoms with Crippen molar-refractivity contribution in [3.8, 4) is 5.75 Å². The van der Waals surface area contributed by atoms with Crippen molar-refractivity contribution in [1.82, 2.24) is 0 Å². The van der Waals surface area contributed by atoms with E-state index in [1.54, 1.807) is 31.4 Å². The first-order valence-corrected chi connectivity index (χ1v) is 6.88. The zero-order valence-electron chi connectivity index (χ0n) is 8.60. The number of hydrogen-bond donors (Lipinski definition) is 0. The van der Waals surface area contributed by atoms with Crippen molar-refractivity contribution < 1.29 is 13.2 Å². The van der Waals surface area contributed by atoms with Crippen molar-refractivity contribution in [2.45, 2.75) is 5.38 Å². The highest BCUT2D eigenvalue weighted by Crippen LogP contribution is 2.24. The topological polar surface area (TPSA) is 43.4 Å². The van der Waals surface area contributed by atoms with Crippen LogP contribution < -0.4 is 4.74 Å². The molecule has 0 fully saturated rings. The Morgan fingerprint density at radius 3 is 2.27 bits per heavy atom. The van der Waals surface area contributed by atoms with Gasteiger partial charge in [-0.3, -0.25) is 0 Å². The Kier molecular flexibility index (Phi) is 3.99. The Morgan fingerprint density at radius 2 is 1.87 bits per heavy atom. The summed E-state index contributed by atoms with van der Waals surface area (Å²) < 4.78 is 27.0. The fourth-order valence-corrected chi connectivity index (χ4v) is 2.73. The molecule has 0 spiro atoms. The van der Waals surface area contributed by atoms with Crippen LogP contribution in [0.25, 0.3) is 0 Å². The van der Waals surface area contributed by atoms with Crippen molar-refractivity contribution in [2.24, 2.45) is 0 Å². The van der Waals surface area contributed by atoms with Crippen molar-refractivity contribution in [3.63, 3.8) is 0 Å². The fourth-order valence-electron chi connectivity index (χ4n) is 1.17. The van der Waals surface area contributed by atoms with Gasteiger partial charge in [-0.2, -0.15) is 0 Å². The van der Waals surface area contributed by atoms with Gasteiger partial charge in [0.2, 0.25) is 0 Å². The molecule has 0 aromatic heterocycles. The lowest BCUT2D eigenvalue weighted by molar-refractivity contribution is 0.414. The number of rotatable bonds is 4. The summed E-state index contributed by atoms with van der Waals surface area (Å²) in [6, 6.07) is 7.04.